The number of methoxy groups -OCH3 is 1. The number of aromatic nitrogens is 4. The van der Waals surface area contributed by atoms with Crippen molar-refractivity contribution in [3.8, 4) is 16.3 Å². The zero-order valence-corrected chi connectivity index (χ0v) is 15.3. The van der Waals surface area contributed by atoms with Gasteiger partial charge in [-0.3, -0.25) is 0 Å². The van der Waals surface area contributed by atoms with Gasteiger partial charge in [-0.05, 0) is 17.7 Å². The molecule has 0 radical (unpaired) electrons. The van der Waals surface area contributed by atoms with Crippen LogP contribution in [-0.4, -0.2) is 26.9 Å². The van der Waals surface area contributed by atoms with Gasteiger partial charge in [0.25, 0.3) is 0 Å². The van der Waals surface area contributed by atoms with Gasteiger partial charge < -0.3 is 4.74 Å². The average Bonchev–Trinajstić information content (AvgIpc) is 3.24. The van der Waals surface area contributed by atoms with Gasteiger partial charge >= 0.3 is 0 Å². The maximum atomic E-state index is 5.29. The Balaban J connectivity index is 1.52. The highest BCUT2D eigenvalue weighted by atomic mass is 32.2. The normalized spacial score (nSPS) is 11.1. The molecule has 2 heterocycles. The number of benzene rings is 2. The van der Waals surface area contributed by atoms with Gasteiger partial charge in [-0.15, -0.1) is 22.0 Å². The highest BCUT2D eigenvalue weighted by Gasteiger charge is 2.13. The third kappa shape index (κ3) is 3.52. The van der Waals surface area contributed by atoms with E-state index in [0.29, 0.717) is 0 Å². The molecule has 25 heavy (non-hydrogen) atoms. The van der Waals surface area contributed by atoms with Crippen molar-refractivity contribution in [2.45, 2.75) is 11.5 Å². The average molecular weight is 368 g/mol. The SMILES string of the molecule is COc1cccc(-c2nn3c(CSCc4ccccc4)nnc3s2)c1. The Kier molecular flexibility index (Phi) is 4.67. The van der Waals surface area contributed by atoms with Crippen molar-refractivity contribution in [3.05, 3.63) is 66.0 Å². The number of thioether (sulfide) groups is 1. The first-order chi connectivity index (χ1) is 12.3. The third-order valence-corrected chi connectivity index (χ3v) is 5.66. The van der Waals surface area contributed by atoms with Crippen LogP contribution in [-0.2, 0) is 11.5 Å². The number of nitrogens with zero attached hydrogens (tertiary/aromatic N) is 4. The summed E-state index contributed by atoms with van der Waals surface area (Å²) in [4.78, 5) is 0.813. The lowest BCUT2D eigenvalue weighted by molar-refractivity contribution is 0.415. The molecule has 0 saturated carbocycles. The predicted octanol–water partition coefficient (Wildman–Crippen LogP) is 4.29. The van der Waals surface area contributed by atoms with E-state index in [0.717, 1.165) is 38.6 Å². The van der Waals surface area contributed by atoms with Gasteiger partial charge in [0.1, 0.15) is 10.8 Å². The third-order valence-electron chi connectivity index (χ3n) is 3.71. The molecule has 0 aliphatic rings. The lowest BCUT2D eigenvalue weighted by Crippen LogP contribution is -1.94. The van der Waals surface area contributed by atoms with Crippen LogP contribution in [0.15, 0.2) is 54.6 Å². The largest absolute Gasteiger partial charge is 0.497 e. The van der Waals surface area contributed by atoms with Gasteiger partial charge in [-0.2, -0.15) is 9.61 Å². The fraction of sp³-hybridized carbons (Fsp3) is 0.167. The van der Waals surface area contributed by atoms with Gasteiger partial charge in [-0.25, -0.2) is 0 Å². The number of hydrogen-bond acceptors (Lipinski definition) is 6. The van der Waals surface area contributed by atoms with E-state index in [1.54, 1.807) is 7.11 Å². The highest BCUT2D eigenvalue weighted by Crippen LogP contribution is 2.28. The monoisotopic (exact) mass is 368 g/mol. The van der Waals surface area contributed by atoms with Gasteiger partial charge in [0.05, 0.1) is 12.9 Å². The summed E-state index contributed by atoms with van der Waals surface area (Å²) in [7, 11) is 1.67. The van der Waals surface area contributed by atoms with Crippen molar-refractivity contribution in [3.63, 3.8) is 0 Å². The number of rotatable bonds is 6. The van der Waals surface area contributed by atoms with Crippen LogP contribution in [0.2, 0.25) is 0 Å². The van der Waals surface area contributed by atoms with Crippen molar-refractivity contribution >= 4 is 28.1 Å². The molecule has 0 unspecified atom stereocenters. The van der Waals surface area contributed by atoms with E-state index >= 15 is 0 Å². The minimum absolute atomic E-state index is 0.775. The molecule has 0 aliphatic heterocycles. The van der Waals surface area contributed by atoms with E-state index in [-0.39, 0.29) is 0 Å². The van der Waals surface area contributed by atoms with Gasteiger partial charge in [-0.1, -0.05) is 53.8 Å². The van der Waals surface area contributed by atoms with Crippen LogP contribution in [0.4, 0.5) is 0 Å². The molecule has 0 amide bonds. The molecule has 0 fully saturated rings. The van der Waals surface area contributed by atoms with Crippen LogP contribution in [0.3, 0.4) is 0 Å². The number of ether oxygens (including phenoxy) is 1. The molecule has 2 aromatic carbocycles. The first kappa shape index (κ1) is 16.1. The Bertz CT molecular complexity index is 981. The minimum Gasteiger partial charge on any atom is -0.497 e. The van der Waals surface area contributed by atoms with E-state index in [2.05, 4.69) is 39.6 Å². The second-order valence-electron chi connectivity index (χ2n) is 5.43. The molecule has 2 aromatic heterocycles. The van der Waals surface area contributed by atoms with Crippen LogP contribution < -0.4 is 4.74 Å². The maximum Gasteiger partial charge on any atom is 0.235 e. The Morgan fingerprint density at radius 1 is 1.04 bits per heavy atom. The summed E-state index contributed by atoms with van der Waals surface area (Å²) in [5.41, 5.74) is 2.33. The molecular formula is C18H16N4OS2. The molecule has 0 spiro atoms. The van der Waals surface area contributed by atoms with Crippen LogP contribution >= 0.6 is 23.1 Å². The second-order valence-corrected chi connectivity index (χ2v) is 7.37. The summed E-state index contributed by atoms with van der Waals surface area (Å²) in [6.45, 7) is 0. The van der Waals surface area contributed by atoms with Crippen molar-refractivity contribution in [1.82, 2.24) is 19.8 Å². The Morgan fingerprint density at radius 2 is 1.92 bits per heavy atom. The lowest BCUT2D eigenvalue weighted by atomic mass is 10.2. The number of hydrogen-bond donors (Lipinski definition) is 0. The van der Waals surface area contributed by atoms with E-state index < -0.39 is 0 Å². The molecule has 0 saturated heterocycles. The molecule has 7 heteroatoms. The fourth-order valence-electron chi connectivity index (χ4n) is 2.45. The number of fused-ring (bicyclic) bond motifs is 1. The highest BCUT2D eigenvalue weighted by molar-refractivity contribution is 7.97. The van der Waals surface area contributed by atoms with Crippen molar-refractivity contribution in [2.75, 3.05) is 7.11 Å². The van der Waals surface area contributed by atoms with E-state index in [1.165, 1.54) is 16.9 Å². The topological polar surface area (TPSA) is 52.3 Å². The van der Waals surface area contributed by atoms with Gasteiger partial charge in [0.2, 0.25) is 4.96 Å². The zero-order chi connectivity index (χ0) is 17.1. The maximum absolute atomic E-state index is 5.29. The van der Waals surface area contributed by atoms with E-state index in [9.17, 15) is 0 Å². The molecule has 5 nitrogen and oxygen atoms in total. The lowest BCUT2D eigenvalue weighted by Gasteiger charge is -2.01. The molecule has 4 rings (SSSR count). The standard InChI is InChI=1S/C18H16N4OS2/c1-23-15-9-5-8-14(10-15)17-21-22-16(19-20-18(22)25-17)12-24-11-13-6-3-2-4-7-13/h2-10H,11-12H2,1H3. The molecule has 0 aliphatic carbocycles. The molecule has 0 bridgehead atoms. The first-order valence-corrected chi connectivity index (χ1v) is 9.78. The summed E-state index contributed by atoms with van der Waals surface area (Å²) < 4.78 is 7.13. The van der Waals surface area contributed by atoms with Gasteiger partial charge in [0, 0.05) is 11.3 Å². The molecule has 126 valence electrons. The van der Waals surface area contributed by atoms with Crippen LogP contribution in [0.1, 0.15) is 11.4 Å². The van der Waals surface area contributed by atoms with Crippen LogP contribution in [0, 0.1) is 0 Å². The van der Waals surface area contributed by atoms with Crippen molar-refractivity contribution < 1.29 is 4.74 Å². The molecular weight excluding hydrogens is 352 g/mol. The second kappa shape index (κ2) is 7.25. The van der Waals surface area contributed by atoms with Crippen molar-refractivity contribution in [2.24, 2.45) is 0 Å². The Morgan fingerprint density at radius 3 is 2.76 bits per heavy atom. The minimum atomic E-state index is 0.775. The van der Waals surface area contributed by atoms with Crippen molar-refractivity contribution in [1.29, 1.82) is 0 Å². The summed E-state index contributed by atoms with van der Waals surface area (Å²) in [6.07, 6.45) is 0. The fourth-order valence-corrected chi connectivity index (χ4v) is 4.20. The van der Waals surface area contributed by atoms with E-state index in [4.69, 9.17) is 4.74 Å². The molecule has 4 aromatic rings. The summed E-state index contributed by atoms with van der Waals surface area (Å²) in [5, 5.41) is 14.1. The van der Waals surface area contributed by atoms with Crippen LogP contribution in [0.25, 0.3) is 15.5 Å². The quantitative estimate of drug-likeness (QED) is 0.508. The van der Waals surface area contributed by atoms with Gasteiger partial charge in [0.15, 0.2) is 5.82 Å². The summed E-state index contributed by atoms with van der Waals surface area (Å²) in [5.74, 6) is 3.42. The van der Waals surface area contributed by atoms with E-state index in [1.807, 2.05) is 46.6 Å². The summed E-state index contributed by atoms with van der Waals surface area (Å²) in [6, 6.07) is 18.3. The predicted molar refractivity (Wildman–Crippen MR) is 102 cm³/mol. The Hall–Kier alpha value is -2.38. The smallest absolute Gasteiger partial charge is 0.235 e. The molecule has 0 N–H and O–H groups in total. The first-order valence-electron chi connectivity index (χ1n) is 7.81. The summed E-state index contributed by atoms with van der Waals surface area (Å²) >= 11 is 3.35. The van der Waals surface area contributed by atoms with Crippen LogP contribution in [0.5, 0.6) is 5.75 Å². The zero-order valence-electron chi connectivity index (χ0n) is 13.6. The Labute approximate surface area is 153 Å². The molecule has 0 atom stereocenters.